The van der Waals surface area contributed by atoms with Crippen molar-refractivity contribution in [2.75, 3.05) is 13.1 Å². The van der Waals surface area contributed by atoms with Gasteiger partial charge in [0, 0.05) is 19.5 Å². The number of carboxylic acids is 1. The lowest BCUT2D eigenvalue weighted by Gasteiger charge is -2.40. The van der Waals surface area contributed by atoms with Gasteiger partial charge in [-0.2, -0.15) is 4.31 Å². The quantitative estimate of drug-likeness (QED) is 0.822. The van der Waals surface area contributed by atoms with Crippen molar-refractivity contribution in [2.45, 2.75) is 36.6 Å². The Kier molecular flexibility index (Phi) is 4.32. The summed E-state index contributed by atoms with van der Waals surface area (Å²) in [5.41, 5.74) is -0.467. The molecule has 136 valence electrons. The van der Waals surface area contributed by atoms with Crippen LogP contribution in [0, 0.1) is 18.7 Å². The maximum Gasteiger partial charge on any atom is 0.309 e. The van der Waals surface area contributed by atoms with Crippen molar-refractivity contribution in [3.8, 4) is 0 Å². The van der Waals surface area contributed by atoms with Crippen molar-refractivity contribution < 1.29 is 27.5 Å². The van der Waals surface area contributed by atoms with Crippen LogP contribution in [0.4, 0.5) is 4.39 Å². The molecule has 0 radical (unpaired) electrons. The molecule has 1 aromatic carbocycles. The molecule has 0 saturated carbocycles. The predicted octanol–water partition coefficient (Wildman–Crippen LogP) is 0.878. The van der Waals surface area contributed by atoms with Crippen LogP contribution in [0.1, 0.15) is 24.8 Å². The monoisotopic (exact) mass is 370 g/mol. The number of aryl methyl sites for hydroxylation is 1. The minimum absolute atomic E-state index is 0.0718. The first kappa shape index (κ1) is 17.8. The van der Waals surface area contributed by atoms with Gasteiger partial charge in [-0.3, -0.25) is 9.59 Å². The van der Waals surface area contributed by atoms with Crippen LogP contribution in [0.3, 0.4) is 0 Å². The molecule has 2 fully saturated rings. The fourth-order valence-corrected chi connectivity index (χ4v) is 5.39. The van der Waals surface area contributed by atoms with Crippen molar-refractivity contribution in [3.05, 3.63) is 29.6 Å². The van der Waals surface area contributed by atoms with E-state index in [2.05, 4.69) is 5.32 Å². The van der Waals surface area contributed by atoms with E-state index in [0.717, 1.165) is 6.07 Å². The van der Waals surface area contributed by atoms with E-state index in [4.69, 9.17) is 0 Å². The highest BCUT2D eigenvalue weighted by atomic mass is 32.2. The second-order valence-electron chi connectivity index (χ2n) is 6.61. The highest BCUT2D eigenvalue weighted by Crippen LogP contribution is 2.38. The van der Waals surface area contributed by atoms with Crippen molar-refractivity contribution in [1.82, 2.24) is 9.62 Å². The zero-order valence-electron chi connectivity index (χ0n) is 13.7. The van der Waals surface area contributed by atoms with Crippen LogP contribution >= 0.6 is 0 Å². The van der Waals surface area contributed by atoms with Gasteiger partial charge in [0.15, 0.2) is 0 Å². The van der Waals surface area contributed by atoms with Gasteiger partial charge < -0.3 is 10.4 Å². The summed E-state index contributed by atoms with van der Waals surface area (Å²) in [5.74, 6) is -2.88. The summed E-state index contributed by atoms with van der Waals surface area (Å²) in [6.45, 7) is 1.74. The number of amides is 1. The van der Waals surface area contributed by atoms with E-state index in [9.17, 15) is 27.5 Å². The zero-order chi connectivity index (χ0) is 18.4. The second kappa shape index (κ2) is 6.06. The van der Waals surface area contributed by atoms with Gasteiger partial charge in [0.2, 0.25) is 15.9 Å². The molecule has 7 nitrogen and oxygen atoms in total. The minimum Gasteiger partial charge on any atom is -0.481 e. The standard InChI is InChI=1S/C16H19FN2O5S/c1-10-2-3-11(17)8-13(10)25(23,24)19-6-4-16(5-7-19)12(15(21)22)9-14(20)18-16/h2-3,8,12H,4-7,9H2,1H3,(H,18,20)(H,21,22)/t12-/m1/s1. The number of sulfonamides is 1. The number of nitrogens with zero attached hydrogens (tertiary/aromatic N) is 1. The molecule has 1 aromatic rings. The lowest BCUT2D eigenvalue weighted by Crippen LogP contribution is -2.56. The van der Waals surface area contributed by atoms with Crippen LogP contribution in [-0.4, -0.2) is 48.3 Å². The summed E-state index contributed by atoms with van der Waals surface area (Å²) in [7, 11) is -3.88. The number of benzene rings is 1. The maximum absolute atomic E-state index is 13.5. The second-order valence-corrected chi connectivity index (χ2v) is 8.52. The molecular formula is C16H19FN2O5S. The molecule has 1 amide bonds. The van der Waals surface area contributed by atoms with Crippen LogP contribution in [0.25, 0.3) is 0 Å². The topological polar surface area (TPSA) is 104 Å². The first-order valence-electron chi connectivity index (χ1n) is 7.96. The summed E-state index contributed by atoms with van der Waals surface area (Å²) < 4.78 is 40.3. The van der Waals surface area contributed by atoms with E-state index < -0.39 is 33.3 Å². The Balaban J connectivity index is 1.83. The first-order chi connectivity index (χ1) is 11.7. The summed E-state index contributed by atoms with van der Waals surface area (Å²) in [6.07, 6.45) is 0.331. The Labute approximate surface area is 144 Å². The van der Waals surface area contributed by atoms with Crippen LogP contribution in [-0.2, 0) is 19.6 Å². The molecule has 2 heterocycles. The molecule has 2 aliphatic heterocycles. The Hall–Kier alpha value is -2.00. The van der Waals surface area contributed by atoms with E-state index in [1.54, 1.807) is 6.92 Å². The number of rotatable bonds is 3. The van der Waals surface area contributed by atoms with Crippen LogP contribution in [0.5, 0.6) is 0 Å². The third kappa shape index (κ3) is 3.02. The Morgan fingerprint density at radius 2 is 2.00 bits per heavy atom. The Morgan fingerprint density at radius 1 is 1.36 bits per heavy atom. The fourth-order valence-electron chi connectivity index (χ4n) is 3.71. The minimum atomic E-state index is -3.88. The number of piperidine rings is 1. The van der Waals surface area contributed by atoms with Gasteiger partial charge in [-0.1, -0.05) is 6.07 Å². The van der Waals surface area contributed by atoms with E-state index in [1.807, 2.05) is 0 Å². The van der Waals surface area contributed by atoms with Crippen molar-refractivity contribution in [3.63, 3.8) is 0 Å². The number of nitrogens with one attached hydrogen (secondary N) is 1. The number of carbonyl (C=O) groups excluding carboxylic acids is 1. The van der Waals surface area contributed by atoms with Crippen molar-refractivity contribution in [1.29, 1.82) is 0 Å². The van der Waals surface area contributed by atoms with Gasteiger partial charge in [0.1, 0.15) is 5.82 Å². The Morgan fingerprint density at radius 3 is 2.60 bits per heavy atom. The number of hydrogen-bond donors (Lipinski definition) is 2. The van der Waals surface area contributed by atoms with Gasteiger partial charge in [-0.05, 0) is 37.5 Å². The van der Waals surface area contributed by atoms with Gasteiger partial charge in [0.05, 0.1) is 16.4 Å². The predicted molar refractivity (Wildman–Crippen MR) is 85.7 cm³/mol. The number of halogens is 1. The highest BCUT2D eigenvalue weighted by molar-refractivity contribution is 7.89. The zero-order valence-corrected chi connectivity index (χ0v) is 14.5. The molecule has 2 aliphatic rings. The highest BCUT2D eigenvalue weighted by Gasteiger charge is 2.52. The molecule has 1 spiro atoms. The normalized spacial score (nSPS) is 23.6. The number of hydrogen-bond acceptors (Lipinski definition) is 4. The molecule has 3 rings (SSSR count). The largest absolute Gasteiger partial charge is 0.481 e. The van der Waals surface area contributed by atoms with E-state index >= 15 is 0 Å². The summed E-state index contributed by atoms with van der Waals surface area (Å²) >= 11 is 0. The van der Waals surface area contributed by atoms with E-state index in [0.29, 0.717) is 5.56 Å². The van der Waals surface area contributed by atoms with Gasteiger partial charge in [-0.15, -0.1) is 0 Å². The Bertz CT molecular complexity index is 831. The van der Waals surface area contributed by atoms with Gasteiger partial charge in [0.25, 0.3) is 0 Å². The summed E-state index contributed by atoms with van der Waals surface area (Å²) in [4.78, 5) is 23.0. The number of carboxylic acid groups (broad SMARTS) is 1. The maximum atomic E-state index is 13.5. The molecule has 9 heteroatoms. The first-order valence-corrected chi connectivity index (χ1v) is 9.40. The number of carbonyl (C=O) groups is 2. The summed E-state index contributed by atoms with van der Waals surface area (Å²) in [6, 6.07) is 3.60. The molecule has 0 bridgehead atoms. The van der Waals surface area contributed by atoms with Gasteiger partial charge >= 0.3 is 5.97 Å². The fraction of sp³-hybridized carbons (Fsp3) is 0.500. The van der Waals surface area contributed by atoms with Crippen molar-refractivity contribution >= 4 is 21.9 Å². The summed E-state index contributed by atoms with van der Waals surface area (Å²) in [5, 5.41) is 12.1. The lowest BCUT2D eigenvalue weighted by molar-refractivity contribution is -0.144. The molecule has 0 aliphatic carbocycles. The van der Waals surface area contributed by atoms with Crippen molar-refractivity contribution in [2.24, 2.45) is 5.92 Å². The lowest BCUT2D eigenvalue weighted by atomic mass is 9.78. The molecule has 2 saturated heterocycles. The molecule has 1 atom stereocenters. The third-order valence-corrected chi connectivity index (χ3v) is 7.17. The molecule has 0 aromatic heterocycles. The van der Waals surface area contributed by atoms with E-state index in [-0.39, 0.29) is 43.2 Å². The SMILES string of the molecule is Cc1ccc(F)cc1S(=O)(=O)N1CCC2(CC1)NC(=O)C[C@@H]2C(=O)O. The van der Waals surface area contributed by atoms with Crippen LogP contribution in [0.2, 0.25) is 0 Å². The molecule has 2 N–H and O–H groups in total. The molecule has 0 unspecified atom stereocenters. The van der Waals surface area contributed by atoms with Crippen LogP contribution < -0.4 is 5.32 Å². The average Bonchev–Trinajstić information content (AvgIpc) is 2.86. The number of aliphatic carboxylic acids is 1. The van der Waals surface area contributed by atoms with Gasteiger partial charge in [-0.25, -0.2) is 12.8 Å². The average molecular weight is 370 g/mol. The van der Waals surface area contributed by atoms with E-state index in [1.165, 1.54) is 16.4 Å². The smallest absolute Gasteiger partial charge is 0.309 e. The molecular weight excluding hydrogens is 351 g/mol. The molecule has 25 heavy (non-hydrogen) atoms. The third-order valence-electron chi connectivity index (χ3n) is 5.13. The van der Waals surface area contributed by atoms with Crippen LogP contribution in [0.15, 0.2) is 23.1 Å².